The van der Waals surface area contributed by atoms with Crippen LogP contribution >= 0.6 is 7.82 Å². The molecule has 0 radical (unpaired) electrons. The number of esters is 2. The molecule has 0 aromatic carbocycles. The van der Waals surface area contributed by atoms with E-state index in [0.717, 1.165) is 57.8 Å². The molecule has 0 aliphatic rings. The van der Waals surface area contributed by atoms with Crippen molar-refractivity contribution in [3.8, 4) is 0 Å². The molecule has 0 heterocycles. The lowest BCUT2D eigenvalue weighted by atomic mass is 10.1. The second-order valence-electron chi connectivity index (χ2n) is 14.7. The summed E-state index contributed by atoms with van der Waals surface area (Å²) in [5.74, 6) is -0.902. The van der Waals surface area contributed by atoms with Crippen molar-refractivity contribution >= 4 is 19.8 Å². The first kappa shape index (κ1) is 55.2. The summed E-state index contributed by atoms with van der Waals surface area (Å²) in [4.78, 5) is 34.8. The number of rotatable bonds is 41. The SMILES string of the molecule is CC/C=C\C/C=C\C/C=C\C/C=C\C/C=C\C/C=C\CCC(=O)OC(COC(=O)CCCCCCCCCCC/C=C\CCCCCCCC)COP(=O)(O)OCC. The number of hydrogen-bond donors (Lipinski definition) is 1. The molecule has 2 unspecified atom stereocenters. The lowest BCUT2D eigenvalue weighted by Gasteiger charge is -2.19. The third-order valence-electron chi connectivity index (χ3n) is 9.20. The zero-order chi connectivity index (χ0) is 42.5. The number of unbranched alkanes of at least 4 members (excludes halogenated alkanes) is 15. The van der Waals surface area contributed by atoms with Crippen molar-refractivity contribution < 1.29 is 37.6 Å². The largest absolute Gasteiger partial charge is 0.472 e. The van der Waals surface area contributed by atoms with Gasteiger partial charge in [-0.3, -0.25) is 18.6 Å². The van der Waals surface area contributed by atoms with Crippen LogP contribution in [0.1, 0.15) is 188 Å². The van der Waals surface area contributed by atoms with Gasteiger partial charge in [0.2, 0.25) is 0 Å². The van der Waals surface area contributed by atoms with Gasteiger partial charge >= 0.3 is 19.8 Å². The fourth-order valence-corrected chi connectivity index (χ4v) is 6.64. The molecule has 0 spiro atoms. The molecular formula is C49H83O8P. The van der Waals surface area contributed by atoms with E-state index in [1.54, 1.807) is 6.92 Å². The van der Waals surface area contributed by atoms with Gasteiger partial charge in [-0.2, -0.15) is 0 Å². The minimum Gasteiger partial charge on any atom is -0.462 e. The average molecular weight is 831 g/mol. The Hall–Kier alpha value is -2.77. The normalized spacial score (nSPS) is 14.1. The summed E-state index contributed by atoms with van der Waals surface area (Å²) >= 11 is 0. The summed E-state index contributed by atoms with van der Waals surface area (Å²) in [6.07, 6.45) is 56.5. The number of phosphoric acid groups is 1. The molecule has 8 nitrogen and oxygen atoms in total. The van der Waals surface area contributed by atoms with Crippen LogP contribution in [0.3, 0.4) is 0 Å². The van der Waals surface area contributed by atoms with Crippen molar-refractivity contribution in [3.63, 3.8) is 0 Å². The highest BCUT2D eigenvalue weighted by Crippen LogP contribution is 2.43. The average Bonchev–Trinajstić information content (AvgIpc) is 3.20. The van der Waals surface area contributed by atoms with Crippen molar-refractivity contribution in [2.45, 2.75) is 194 Å². The van der Waals surface area contributed by atoms with Gasteiger partial charge in [0.05, 0.1) is 13.2 Å². The fraction of sp³-hybridized carbons (Fsp3) is 0.673. The molecule has 0 saturated heterocycles. The van der Waals surface area contributed by atoms with E-state index < -0.39 is 32.5 Å². The Morgan fingerprint density at radius 1 is 0.483 bits per heavy atom. The van der Waals surface area contributed by atoms with Gasteiger partial charge in [0.15, 0.2) is 6.10 Å². The van der Waals surface area contributed by atoms with Gasteiger partial charge in [-0.15, -0.1) is 0 Å². The molecule has 0 fully saturated rings. The van der Waals surface area contributed by atoms with Gasteiger partial charge < -0.3 is 14.4 Å². The molecule has 9 heteroatoms. The van der Waals surface area contributed by atoms with Gasteiger partial charge in [0.25, 0.3) is 0 Å². The summed E-state index contributed by atoms with van der Waals surface area (Å²) < 4.78 is 32.6. The number of phosphoric ester groups is 1. The first-order valence-electron chi connectivity index (χ1n) is 22.9. The van der Waals surface area contributed by atoms with Crippen LogP contribution in [0.4, 0.5) is 0 Å². The highest BCUT2D eigenvalue weighted by molar-refractivity contribution is 7.47. The number of hydrogen-bond acceptors (Lipinski definition) is 7. The van der Waals surface area contributed by atoms with Crippen LogP contribution in [0.25, 0.3) is 0 Å². The number of ether oxygens (including phenoxy) is 2. The second kappa shape index (κ2) is 43.8. The number of carbonyl (C=O) groups is 2. The monoisotopic (exact) mass is 831 g/mol. The Morgan fingerprint density at radius 2 is 0.914 bits per heavy atom. The van der Waals surface area contributed by atoms with Crippen molar-refractivity contribution in [2.75, 3.05) is 19.8 Å². The van der Waals surface area contributed by atoms with E-state index in [-0.39, 0.29) is 26.1 Å². The van der Waals surface area contributed by atoms with E-state index in [2.05, 4.69) is 86.8 Å². The highest BCUT2D eigenvalue weighted by atomic mass is 31.2. The zero-order valence-corrected chi connectivity index (χ0v) is 37.8. The molecule has 0 aromatic rings. The number of carbonyl (C=O) groups excluding carboxylic acids is 2. The Bertz CT molecular complexity index is 1210. The summed E-state index contributed by atoms with van der Waals surface area (Å²) in [7, 11) is -4.31. The maximum absolute atomic E-state index is 12.5. The molecule has 0 aromatic heterocycles. The van der Waals surface area contributed by atoms with Crippen LogP contribution in [0, 0.1) is 0 Å². The van der Waals surface area contributed by atoms with Crippen LogP contribution in [-0.2, 0) is 32.7 Å². The van der Waals surface area contributed by atoms with E-state index in [1.165, 1.54) is 89.9 Å². The summed E-state index contributed by atoms with van der Waals surface area (Å²) in [6, 6.07) is 0. The van der Waals surface area contributed by atoms with E-state index in [9.17, 15) is 19.0 Å². The topological polar surface area (TPSA) is 108 Å². The lowest BCUT2D eigenvalue weighted by Crippen LogP contribution is -2.29. The molecule has 0 aliphatic carbocycles. The van der Waals surface area contributed by atoms with Crippen LogP contribution in [0.15, 0.2) is 85.1 Å². The third-order valence-corrected chi connectivity index (χ3v) is 10.3. The first-order chi connectivity index (χ1) is 28.3. The highest BCUT2D eigenvalue weighted by Gasteiger charge is 2.25. The van der Waals surface area contributed by atoms with Crippen LogP contribution in [0.2, 0.25) is 0 Å². The molecule has 0 bridgehead atoms. The van der Waals surface area contributed by atoms with Crippen molar-refractivity contribution in [2.24, 2.45) is 0 Å². The first-order valence-corrected chi connectivity index (χ1v) is 24.4. The van der Waals surface area contributed by atoms with Gasteiger partial charge in [0.1, 0.15) is 6.61 Å². The standard InChI is InChI=1S/C49H83O8P/c1-4-7-9-11-13-15-17-19-21-23-25-27-29-31-33-35-37-39-41-43-48(50)54-45-47(46-56-58(52,53)55-6-3)57-49(51)44-42-40-38-36-34-32-30-28-26-24-22-20-18-16-14-12-10-8-5-2/h8,10,14,16,19-22,26,28,32,34,38,40,47H,4-7,9,11-13,15,17-18,23-25,27,29-31,33,35-37,39,41-46H2,1-3H3,(H,52,53)/b10-8-,16-14-,21-19-,22-20-,28-26-,34-32-,40-38-. The fourth-order valence-electron chi connectivity index (χ4n) is 5.88. The van der Waals surface area contributed by atoms with Gasteiger partial charge in [0, 0.05) is 12.8 Å². The molecule has 332 valence electrons. The quantitative estimate of drug-likeness (QED) is 0.0281. The second-order valence-corrected chi connectivity index (χ2v) is 16.1. The van der Waals surface area contributed by atoms with Crippen molar-refractivity contribution in [1.82, 2.24) is 0 Å². The summed E-state index contributed by atoms with van der Waals surface area (Å²) in [6.45, 7) is 5.27. The van der Waals surface area contributed by atoms with E-state index in [1.807, 2.05) is 12.2 Å². The third kappa shape index (κ3) is 42.8. The molecule has 0 saturated carbocycles. The van der Waals surface area contributed by atoms with Crippen LogP contribution in [0.5, 0.6) is 0 Å². The molecule has 1 N–H and O–H groups in total. The molecule has 0 rings (SSSR count). The predicted molar refractivity (Wildman–Crippen MR) is 244 cm³/mol. The maximum atomic E-state index is 12.5. The van der Waals surface area contributed by atoms with E-state index >= 15 is 0 Å². The zero-order valence-electron chi connectivity index (χ0n) is 36.9. The molecular weight excluding hydrogens is 748 g/mol. The van der Waals surface area contributed by atoms with Crippen LogP contribution in [-0.4, -0.2) is 42.8 Å². The molecule has 0 aliphatic heterocycles. The number of allylic oxidation sites excluding steroid dienone is 14. The Labute approximate surface area is 355 Å². The van der Waals surface area contributed by atoms with E-state index in [0.29, 0.717) is 6.42 Å². The van der Waals surface area contributed by atoms with Crippen LogP contribution < -0.4 is 0 Å². The van der Waals surface area contributed by atoms with Gasteiger partial charge in [-0.25, -0.2) is 4.57 Å². The molecule has 2 atom stereocenters. The minimum atomic E-state index is -4.31. The summed E-state index contributed by atoms with van der Waals surface area (Å²) in [5.41, 5.74) is 0. The Balaban J connectivity index is 4.18. The lowest BCUT2D eigenvalue weighted by molar-refractivity contribution is -0.161. The Kier molecular flexibility index (Phi) is 41.7. The summed E-state index contributed by atoms with van der Waals surface area (Å²) in [5, 5.41) is 0. The predicted octanol–water partition coefficient (Wildman–Crippen LogP) is 14.7. The smallest absolute Gasteiger partial charge is 0.462 e. The van der Waals surface area contributed by atoms with Gasteiger partial charge in [-0.05, 0) is 84.0 Å². The van der Waals surface area contributed by atoms with Gasteiger partial charge in [-0.1, -0.05) is 176 Å². The molecule has 58 heavy (non-hydrogen) atoms. The molecule has 0 amide bonds. The van der Waals surface area contributed by atoms with Crippen molar-refractivity contribution in [3.05, 3.63) is 85.1 Å². The van der Waals surface area contributed by atoms with E-state index in [4.69, 9.17) is 18.5 Å². The maximum Gasteiger partial charge on any atom is 0.472 e. The Morgan fingerprint density at radius 3 is 1.40 bits per heavy atom. The van der Waals surface area contributed by atoms with Crippen molar-refractivity contribution in [1.29, 1.82) is 0 Å². The minimum absolute atomic E-state index is 0.0174.